The van der Waals surface area contributed by atoms with Crippen molar-refractivity contribution in [2.24, 2.45) is 5.73 Å². The molecule has 0 spiro atoms. The molecule has 0 saturated carbocycles. The monoisotopic (exact) mass is 301 g/mol. The van der Waals surface area contributed by atoms with Crippen molar-refractivity contribution in [2.75, 3.05) is 40.4 Å². The average Bonchev–Trinajstić information content (AvgIpc) is 2.42. The quantitative estimate of drug-likeness (QED) is 0.697. The molecule has 1 atom stereocenters. The maximum absolute atomic E-state index is 11.8. The van der Waals surface area contributed by atoms with Crippen molar-refractivity contribution in [3.8, 4) is 0 Å². The number of amides is 1. The molecule has 1 unspecified atom stereocenters. The number of nitrogens with zero attached hydrogens (tertiary/aromatic N) is 1. The number of carbonyl (C=O) groups is 1. The minimum Gasteiger partial charge on any atom is -0.378 e. The number of likely N-dealkylation sites (N-methyl/N-ethyl adjacent to an activating group) is 1. The summed E-state index contributed by atoms with van der Waals surface area (Å²) >= 11 is 0. The van der Waals surface area contributed by atoms with Crippen LogP contribution in [-0.2, 0) is 9.53 Å². The maximum Gasteiger partial charge on any atom is 0.241 e. The van der Waals surface area contributed by atoms with Gasteiger partial charge in [-0.15, -0.1) is 12.4 Å². The number of benzene rings is 1. The van der Waals surface area contributed by atoms with Gasteiger partial charge in [0.05, 0.1) is 13.2 Å². The summed E-state index contributed by atoms with van der Waals surface area (Å²) < 4.78 is 5.38. The van der Waals surface area contributed by atoms with E-state index in [1.165, 1.54) is 0 Å². The normalized spacial score (nSPS) is 11.8. The van der Waals surface area contributed by atoms with Crippen LogP contribution < -0.4 is 11.1 Å². The lowest BCUT2D eigenvalue weighted by atomic mass is 10.1. The molecule has 0 heterocycles. The van der Waals surface area contributed by atoms with E-state index in [0.717, 1.165) is 12.1 Å². The zero-order valence-electron chi connectivity index (χ0n) is 12.0. The average molecular weight is 302 g/mol. The van der Waals surface area contributed by atoms with Crippen molar-refractivity contribution in [1.82, 2.24) is 10.2 Å². The highest BCUT2D eigenvalue weighted by molar-refractivity contribution is 5.85. The highest BCUT2D eigenvalue weighted by Crippen LogP contribution is 2.08. The van der Waals surface area contributed by atoms with Gasteiger partial charge in [0.1, 0.15) is 6.04 Å². The highest BCUT2D eigenvalue weighted by Gasteiger charge is 2.14. The summed E-state index contributed by atoms with van der Waals surface area (Å²) in [5.74, 6) is -0.178. The zero-order chi connectivity index (χ0) is 14.1. The van der Waals surface area contributed by atoms with Gasteiger partial charge in [0.15, 0.2) is 0 Å². The number of rotatable bonds is 8. The smallest absolute Gasteiger partial charge is 0.241 e. The van der Waals surface area contributed by atoms with E-state index in [4.69, 9.17) is 10.5 Å². The van der Waals surface area contributed by atoms with E-state index in [0.29, 0.717) is 19.8 Å². The van der Waals surface area contributed by atoms with Gasteiger partial charge in [-0.3, -0.25) is 4.79 Å². The molecule has 1 aromatic carbocycles. The molecular formula is C14H24ClN3O2. The summed E-state index contributed by atoms with van der Waals surface area (Å²) in [6, 6.07) is 8.70. The predicted octanol–water partition coefficient (Wildman–Crippen LogP) is 0.803. The van der Waals surface area contributed by atoms with Gasteiger partial charge in [0, 0.05) is 13.1 Å². The molecule has 0 radical (unpaired) electrons. The maximum atomic E-state index is 11.8. The number of hydrogen-bond donors (Lipinski definition) is 2. The Balaban J connectivity index is 0.00000361. The summed E-state index contributed by atoms with van der Waals surface area (Å²) in [7, 11) is 3.98. The van der Waals surface area contributed by atoms with Crippen molar-refractivity contribution < 1.29 is 9.53 Å². The summed E-state index contributed by atoms with van der Waals surface area (Å²) in [6.07, 6.45) is 0. The molecule has 114 valence electrons. The number of carbonyl (C=O) groups excluding carboxylic acids is 1. The lowest BCUT2D eigenvalue weighted by Gasteiger charge is -2.13. The van der Waals surface area contributed by atoms with Crippen LogP contribution in [-0.4, -0.2) is 51.2 Å². The molecule has 0 aromatic heterocycles. The van der Waals surface area contributed by atoms with E-state index in [-0.39, 0.29) is 18.3 Å². The summed E-state index contributed by atoms with van der Waals surface area (Å²) in [4.78, 5) is 13.8. The standard InChI is InChI=1S/C14H23N3O2.ClH/c1-17(2)9-11-19-10-8-16-14(18)13(15)12-6-4-3-5-7-12;/h3-7,13H,8-11,15H2,1-2H3,(H,16,18);1H. The van der Waals surface area contributed by atoms with E-state index in [9.17, 15) is 4.79 Å². The van der Waals surface area contributed by atoms with E-state index in [1.54, 1.807) is 0 Å². The minimum absolute atomic E-state index is 0. The Bertz CT molecular complexity index is 374. The van der Waals surface area contributed by atoms with Crippen LogP contribution in [0.4, 0.5) is 0 Å². The Morgan fingerprint density at radius 1 is 1.30 bits per heavy atom. The lowest BCUT2D eigenvalue weighted by Crippen LogP contribution is -2.36. The van der Waals surface area contributed by atoms with Gasteiger partial charge in [-0.1, -0.05) is 30.3 Å². The van der Waals surface area contributed by atoms with E-state index in [1.807, 2.05) is 49.3 Å². The van der Waals surface area contributed by atoms with Gasteiger partial charge in [-0.2, -0.15) is 0 Å². The largest absolute Gasteiger partial charge is 0.378 e. The van der Waals surface area contributed by atoms with Crippen molar-refractivity contribution in [2.45, 2.75) is 6.04 Å². The molecule has 3 N–H and O–H groups in total. The molecule has 1 aromatic rings. The van der Waals surface area contributed by atoms with Crippen LogP contribution in [0.3, 0.4) is 0 Å². The van der Waals surface area contributed by atoms with Crippen molar-refractivity contribution in [1.29, 1.82) is 0 Å². The molecule has 20 heavy (non-hydrogen) atoms. The van der Waals surface area contributed by atoms with Crippen molar-refractivity contribution in [3.05, 3.63) is 35.9 Å². The molecule has 0 bridgehead atoms. The van der Waals surface area contributed by atoms with Crippen molar-refractivity contribution in [3.63, 3.8) is 0 Å². The van der Waals surface area contributed by atoms with E-state index >= 15 is 0 Å². The molecule has 1 rings (SSSR count). The number of nitrogens with two attached hydrogens (primary N) is 1. The summed E-state index contributed by atoms with van der Waals surface area (Å²) in [6.45, 7) is 2.51. The SMILES string of the molecule is CN(C)CCOCCNC(=O)C(N)c1ccccc1.Cl. The van der Waals surface area contributed by atoms with Crippen LogP contribution in [0.5, 0.6) is 0 Å². The fraction of sp³-hybridized carbons (Fsp3) is 0.500. The summed E-state index contributed by atoms with van der Waals surface area (Å²) in [5, 5.41) is 2.77. The van der Waals surface area contributed by atoms with Gasteiger partial charge in [0.2, 0.25) is 5.91 Å². The van der Waals surface area contributed by atoms with Crippen LogP contribution in [0.2, 0.25) is 0 Å². The molecule has 0 aliphatic rings. The Hall–Kier alpha value is -1.14. The highest BCUT2D eigenvalue weighted by atomic mass is 35.5. The van der Waals surface area contributed by atoms with Crippen LogP contribution >= 0.6 is 12.4 Å². The lowest BCUT2D eigenvalue weighted by molar-refractivity contribution is -0.122. The Labute approximate surface area is 126 Å². The molecule has 0 aliphatic heterocycles. The second-order valence-electron chi connectivity index (χ2n) is 4.60. The topological polar surface area (TPSA) is 67.6 Å². The molecule has 6 heteroatoms. The number of hydrogen-bond acceptors (Lipinski definition) is 4. The van der Waals surface area contributed by atoms with Gasteiger partial charge in [-0.05, 0) is 19.7 Å². The third-order valence-electron chi connectivity index (χ3n) is 2.67. The number of ether oxygens (including phenoxy) is 1. The van der Waals surface area contributed by atoms with Gasteiger partial charge in [-0.25, -0.2) is 0 Å². The zero-order valence-corrected chi connectivity index (χ0v) is 12.9. The van der Waals surface area contributed by atoms with Crippen LogP contribution in [0.1, 0.15) is 11.6 Å². The molecular weight excluding hydrogens is 278 g/mol. The second kappa shape index (κ2) is 10.6. The first-order chi connectivity index (χ1) is 9.11. The van der Waals surface area contributed by atoms with Crippen LogP contribution in [0, 0.1) is 0 Å². The van der Waals surface area contributed by atoms with E-state index in [2.05, 4.69) is 5.32 Å². The van der Waals surface area contributed by atoms with Gasteiger partial charge >= 0.3 is 0 Å². The third kappa shape index (κ3) is 7.45. The van der Waals surface area contributed by atoms with Gasteiger partial charge < -0.3 is 20.7 Å². The first kappa shape index (κ1) is 18.9. The Kier molecular flexibility index (Phi) is 10.0. The van der Waals surface area contributed by atoms with Crippen LogP contribution in [0.15, 0.2) is 30.3 Å². The van der Waals surface area contributed by atoms with Gasteiger partial charge in [0.25, 0.3) is 0 Å². The van der Waals surface area contributed by atoms with Crippen LogP contribution in [0.25, 0.3) is 0 Å². The first-order valence-electron chi connectivity index (χ1n) is 6.42. The fourth-order valence-corrected chi connectivity index (χ4v) is 1.52. The molecule has 1 amide bonds. The molecule has 0 saturated heterocycles. The van der Waals surface area contributed by atoms with Crippen molar-refractivity contribution >= 4 is 18.3 Å². The number of halogens is 1. The molecule has 5 nitrogen and oxygen atoms in total. The fourth-order valence-electron chi connectivity index (χ4n) is 1.52. The minimum atomic E-state index is -0.622. The van der Waals surface area contributed by atoms with E-state index < -0.39 is 6.04 Å². The predicted molar refractivity (Wildman–Crippen MR) is 83.0 cm³/mol. The third-order valence-corrected chi connectivity index (χ3v) is 2.67. The Morgan fingerprint density at radius 3 is 2.55 bits per heavy atom. The second-order valence-corrected chi connectivity index (χ2v) is 4.60. The number of nitrogens with one attached hydrogen (secondary N) is 1. The first-order valence-corrected chi connectivity index (χ1v) is 6.42. The molecule has 0 aliphatic carbocycles. The Morgan fingerprint density at radius 2 is 1.95 bits per heavy atom. The summed E-state index contributed by atoms with van der Waals surface area (Å²) in [5.41, 5.74) is 6.67. The molecule has 0 fully saturated rings.